The molecule has 0 saturated carbocycles. The first-order chi connectivity index (χ1) is 13.1. The lowest BCUT2D eigenvalue weighted by atomic mass is 9.94. The van der Waals surface area contributed by atoms with E-state index in [1.54, 1.807) is 7.05 Å². The molecule has 146 valence electrons. The van der Waals surface area contributed by atoms with E-state index in [4.69, 9.17) is 4.42 Å². The summed E-state index contributed by atoms with van der Waals surface area (Å²) in [4.78, 5) is 25.9. The summed E-state index contributed by atoms with van der Waals surface area (Å²) in [7, 11) is -2.90. The minimum atomic E-state index is -6.00. The molecule has 3 amide bonds. The molecule has 0 radical (unpaired) electrons. The molecule has 0 unspecified atom stereocenters. The summed E-state index contributed by atoms with van der Waals surface area (Å²) in [5.41, 5.74) is 4.32. The van der Waals surface area contributed by atoms with Crippen LogP contribution >= 0.6 is 0 Å². The molecular formula is C18H15BF4N2O3. The molecule has 2 heterocycles. The van der Waals surface area contributed by atoms with Gasteiger partial charge in [-0.3, -0.25) is 0 Å². The van der Waals surface area contributed by atoms with Gasteiger partial charge in [0, 0.05) is 5.56 Å². The molecule has 5 nitrogen and oxygen atoms in total. The second-order valence-electron chi connectivity index (χ2n) is 6.24. The van der Waals surface area contributed by atoms with E-state index < -0.39 is 13.3 Å². The number of hydrogen-bond donors (Lipinski definition) is 0. The number of urea groups is 1. The molecule has 0 saturated heterocycles. The molecule has 28 heavy (non-hydrogen) atoms. The number of imide groups is 1. The van der Waals surface area contributed by atoms with Gasteiger partial charge in [-0.1, -0.05) is 36.5 Å². The minimum Gasteiger partial charge on any atom is -0.422 e. The number of halogens is 4. The van der Waals surface area contributed by atoms with E-state index in [9.17, 15) is 26.9 Å². The van der Waals surface area contributed by atoms with Gasteiger partial charge in [0.2, 0.25) is 0 Å². The number of fused-ring (bicyclic) bond motifs is 6. The van der Waals surface area contributed by atoms with Gasteiger partial charge in [-0.15, -0.1) is 0 Å². The van der Waals surface area contributed by atoms with Crippen molar-refractivity contribution in [1.82, 2.24) is 9.48 Å². The Morgan fingerprint density at radius 3 is 2.36 bits per heavy atom. The molecule has 4 rings (SSSR count). The molecule has 0 atom stereocenters. The van der Waals surface area contributed by atoms with Crippen molar-refractivity contribution in [3.63, 3.8) is 0 Å². The van der Waals surface area contributed by atoms with Gasteiger partial charge in [-0.2, -0.15) is 14.3 Å². The fraction of sp³-hybridized carbons (Fsp3) is 0.167. The first-order valence-corrected chi connectivity index (χ1v) is 8.26. The molecule has 1 aromatic heterocycles. The topological polar surface area (TPSA) is 53.5 Å². The number of amides is 3. The van der Waals surface area contributed by atoms with Gasteiger partial charge in [0.1, 0.15) is 5.42 Å². The van der Waals surface area contributed by atoms with Crippen molar-refractivity contribution >= 4 is 30.8 Å². The fourth-order valence-corrected chi connectivity index (χ4v) is 3.11. The fourth-order valence-electron chi connectivity index (χ4n) is 3.11. The van der Waals surface area contributed by atoms with Crippen LogP contribution in [0.1, 0.15) is 22.3 Å². The quantitative estimate of drug-likeness (QED) is 0.386. The van der Waals surface area contributed by atoms with Crippen molar-refractivity contribution in [2.75, 3.05) is 14.1 Å². The van der Waals surface area contributed by atoms with Gasteiger partial charge in [-0.25, -0.2) is 4.79 Å². The molecule has 10 heteroatoms. The minimum absolute atomic E-state index is 0.314. The summed E-state index contributed by atoms with van der Waals surface area (Å²) < 4.78 is 46.2. The van der Waals surface area contributed by atoms with E-state index in [0.717, 1.165) is 21.6 Å². The van der Waals surface area contributed by atoms with Crippen LogP contribution in [0.15, 0.2) is 46.4 Å². The molecule has 0 aromatic carbocycles. The molecule has 1 aliphatic heterocycles. The first-order valence-electron chi connectivity index (χ1n) is 8.26. The van der Waals surface area contributed by atoms with Gasteiger partial charge in [0.25, 0.3) is 0 Å². The summed E-state index contributed by atoms with van der Waals surface area (Å²) in [5, 5.41) is 0. The van der Waals surface area contributed by atoms with Crippen LogP contribution in [0, 0.1) is 0 Å². The normalized spacial score (nSPS) is 17.9. The van der Waals surface area contributed by atoms with E-state index in [1.807, 2.05) is 36.5 Å². The number of hydrogen-bond acceptors (Lipinski definition) is 3. The average molecular weight is 394 g/mol. The predicted molar refractivity (Wildman–Crippen MR) is 96.2 cm³/mol. The Bertz CT molecular complexity index is 1100. The summed E-state index contributed by atoms with van der Waals surface area (Å²) >= 11 is 0. The van der Waals surface area contributed by atoms with E-state index >= 15 is 0 Å². The van der Waals surface area contributed by atoms with Crippen LogP contribution < -0.4 is 15.5 Å². The Hall–Kier alpha value is -3.17. The van der Waals surface area contributed by atoms with Crippen molar-refractivity contribution in [2.24, 2.45) is 0 Å². The number of furan rings is 1. The monoisotopic (exact) mass is 394 g/mol. The Labute approximate surface area is 157 Å². The molecule has 0 N–H and O–H groups in total. The number of allylic oxidation sites excluding steroid dienone is 8. The lowest BCUT2D eigenvalue weighted by Crippen LogP contribution is -2.51. The summed E-state index contributed by atoms with van der Waals surface area (Å²) in [6.07, 6.45) is 14.5. The Balaban J connectivity index is 0.000000403. The highest BCUT2D eigenvalue weighted by atomic mass is 19.5. The third-order valence-corrected chi connectivity index (χ3v) is 4.31. The third kappa shape index (κ3) is 3.76. The van der Waals surface area contributed by atoms with Crippen LogP contribution in [0.2, 0.25) is 0 Å². The molecule has 2 bridgehead atoms. The van der Waals surface area contributed by atoms with Crippen LogP contribution in [-0.4, -0.2) is 38.2 Å². The predicted octanol–water partition coefficient (Wildman–Crippen LogP) is 2.53. The molecule has 0 spiro atoms. The third-order valence-electron chi connectivity index (χ3n) is 4.31. The maximum atomic E-state index is 12.7. The highest BCUT2D eigenvalue weighted by Gasteiger charge is 2.41. The summed E-state index contributed by atoms with van der Waals surface area (Å²) in [6.45, 7) is 0. The van der Waals surface area contributed by atoms with Gasteiger partial charge in [0.05, 0.1) is 14.1 Å². The van der Waals surface area contributed by atoms with Gasteiger partial charge < -0.3 is 21.7 Å². The highest BCUT2D eigenvalue weighted by molar-refractivity contribution is 6.50. The van der Waals surface area contributed by atoms with Crippen LogP contribution in [0.3, 0.4) is 0 Å². The van der Waals surface area contributed by atoms with Crippen LogP contribution in [-0.2, 0) is 0 Å². The average Bonchev–Trinajstić information content (AvgIpc) is 2.79. The maximum absolute atomic E-state index is 12.7. The van der Waals surface area contributed by atoms with Gasteiger partial charge >= 0.3 is 24.7 Å². The zero-order valence-electron chi connectivity index (χ0n) is 15.0. The maximum Gasteiger partial charge on any atom is 0.673 e. The van der Waals surface area contributed by atoms with Crippen LogP contribution in [0.5, 0.6) is 0 Å². The van der Waals surface area contributed by atoms with E-state index in [0.29, 0.717) is 23.0 Å². The molecule has 2 aliphatic carbocycles. The highest BCUT2D eigenvalue weighted by Crippen LogP contribution is 2.27. The summed E-state index contributed by atoms with van der Waals surface area (Å²) in [5.74, 6) is -0.328. The Morgan fingerprint density at radius 2 is 1.68 bits per heavy atom. The number of carbonyl (C=O) groups excluding carboxylic acids is 2. The van der Waals surface area contributed by atoms with Gasteiger partial charge in [-0.05, 0) is 23.6 Å². The number of nitrogens with zero attached hydrogens (tertiary/aromatic N) is 2. The SMILES string of the molecule is CN1C(=O)c2c3c(oc2=[N+](C)C1=O)=CC=CC1=CC=CC=C3C1.F[B-](F)(F)F. The van der Waals surface area contributed by atoms with E-state index in [2.05, 4.69) is 6.08 Å². The molecule has 1 aromatic rings. The number of carbonyl (C=O) groups is 2. The Morgan fingerprint density at radius 1 is 1.04 bits per heavy atom. The van der Waals surface area contributed by atoms with Crippen molar-refractivity contribution in [1.29, 1.82) is 0 Å². The van der Waals surface area contributed by atoms with E-state index in [1.165, 1.54) is 11.6 Å². The zero-order chi connectivity index (χ0) is 20.6. The molecule has 3 aliphatic rings. The second-order valence-corrected chi connectivity index (χ2v) is 6.24. The first kappa shape index (κ1) is 19.6. The van der Waals surface area contributed by atoms with Gasteiger partial charge in [0.15, 0.2) is 5.56 Å². The largest absolute Gasteiger partial charge is 0.673 e. The van der Waals surface area contributed by atoms with Crippen molar-refractivity contribution in [3.05, 3.63) is 64.1 Å². The Kier molecular flexibility index (Phi) is 4.97. The lowest BCUT2D eigenvalue weighted by molar-refractivity contribution is 0.0808. The van der Waals surface area contributed by atoms with Crippen molar-refractivity contribution < 1.29 is 31.3 Å². The van der Waals surface area contributed by atoms with Crippen LogP contribution in [0.4, 0.5) is 22.1 Å². The smallest absolute Gasteiger partial charge is 0.422 e. The molecular weight excluding hydrogens is 379 g/mol. The molecule has 0 fully saturated rings. The zero-order valence-corrected chi connectivity index (χ0v) is 15.0. The standard InChI is InChI=1S/C18H15N2O3.BF4/c1-19-16(21)15-14-12-8-4-3-6-11(10-12)7-5-9-13(14)23-17(15)20(2)18(19)22;2-1(3,4)5/h3-9H,10H2,1-2H3;/q+1;-1. The lowest BCUT2D eigenvalue weighted by Gasteiger charge is -2.13. The van der Waals surface area contributed by atoms with Crippen molar-refractivity contribution in [3.8, 4) is 0 Å². The second kappa shape index (κ2) is 7.10. The number of rotatable bonds is 0. The van der Waals surface area contributed by atoms with Crippen molar-refractivity contribution in [2.45, 2.75) is 6.42 Å². The van der Waals surface area contributed by atoms with E-state index in [-0.39, 0.29) is 5.91 Å². The summed E-state index contributed by atoms with van der Waals surface area (Å²) in [6, 6.07) is -0.393. The van der Waals surface area contributed by atoms with Crippen LogP contribution in [0.25, 0.3) is 11.6 Å².